The van der Waals surface area contributed by atoms with Gasteiger partial charge < -0.3 is 19.5 Å². The molecule has 1 aromatic heterocycles. The molecule has 8 heteroatoms. The number of aryl methyl sites for hydroxylation is 1. The maximum atomic E-state index is 13.4. The van der Waals surface area contributed by atoms with Gasteiger partial charge in [-0.3, -0.25) is 14.4 Å². The van der Waals surface area contributed by atoms with E-state index in [0.29, 0.717) is 25.3 Å². The summed E-state index contributed by atoms with van der Waals surface area (Å²) in [4.78, 5) is 45.6. The first-order valence-corrected chi connectivity index (χ1v) is 9.35. The molecular weight excluding hydrogens is 360 g/mol. The highest BCUT2D eigenvalue weighted by Gasteiger charge is 2.55. The van der Waals surface area contributed by atoms with E-state index in [0.717, 1.165) is 11.3 Å². The molecule has 28 heavy (non-hydrogen) atoms. The summed E-state index contributed by atoms with van der Waals surface area (Å²) >= 11 is 0. The molecular formula is C20H22N4O4. The van der Waals surface area contributed by atoms with Gasteiger partial charge in [-0.25, -0.2) is 4.98 Å². The largest absolute Gasteiger partial charge is 0.448 e. The van der Waals surface area contributed by atoms with E-state index in [4.69, 9.17) is 4.42 Å². The first kappa shape index (κ1) is 18.2. The quantitative estimate of drug-likeness (QED) is 0.859. The van der Waals surface area contributed by atoms with Gasteiger partial charge >= 0.3 is 0 Å². The number of likely N-dealkylation sites (tertiary alicyclic amines) is 1. The summed E-state index contributed by atoms with van der Waals surface area (Å²) in [6.45, 7) is 4.72. The third kappa shape index (κ3) is 2.67. The van der Waals surface area contributed by atoms with Gasteiger partial charge in [-0.1, -0.05) is 18.2 Å². The molecule has 0 aliphatic carbocycles. The molecule has 1 fully saturated rings. The molecule has 1 N–H and O–H groups in total. The van der Waals surface area contributed by atoms with E-state index in [1.165, 1.54) is 11.3 Å². The van der Waals surface area contributed by atoms with E-state index < -0.39 is 5.41 Å². The maximum absolute atomic E-state index is 13.4. The number of fused-ring (bicyclic) bond motifs is 2. The van der Waals surface area contributed by atoms with Crippen molar-refractivity contribution in [1.82, 2.24) is 15.2 Å². The molecule has 1 atom stereocenters. The Hall–Kier alpha value is -3.16. The van der Waals surface area contributed by atoms with Gasteiger partial charge in [0.2, 0.25) is 11.8 Å². The Morgan fingerprint density at radius 1 is 1.32 bits per heavy atom. The number of amides is 3. The molecule has 2 aliphatic heterocycles. The van der Waals surface area contributed by atoms with Crippen LogP contribution >= 0.6 is 0 Å². The number of nitrogens with one attached hydrogen (secondary N) is 1. The number of carbonyl (C=O) groups excluding carboxylic acids is 3. The minimum absolute atomic E-state index is 0.0260. The number of oxazole rings is 1. The number of carbonyl (C=O) groups is 3. The second-order valence-corrected chi connectivity index (χ2v) is 7.18. The average molecular weight is 382 g/mol. The summed E-state index contributed by atoms with van der Waals surface area (Å²) in [6.07, 6.45) is 1.76. The Balaban J connectivity index is 1.64. The van der Waals surface area contributed by atoms with Crippen molar-refractivity contribution in [2.45, 2.75) is 25.7 Å². The molecule has 2 aromatic rings. The van der Waals surface area contributed by atoms with Gasteiger partial charge in [0.25, 0.3) is 5.91 Å². The van der Waals surface area contributed by atoms with Gasteiger partial charge in [-0.05, 0) is 31.9 Å². The number of likely N-dealkylation sites (N-methyl/N-ethyl adjacent to an activating group) is 1. The van der Waals surface area contributed by atoms with E-state index in [9.17, 15) is 14.4 Å². The third-order valence-electron chi connectivity index (χ3n) is 5.54. The molecule has 2 aliphatic rings. The molecule has 1 unspecified atom stereocenters. The Kier molecular flexibility index (Phi) is 4.41. The van der Waals surface area contributed by atoms with Crippen LogP contribution in [-0.4, -0.2) is 53.8 Å². The number of para-hydroxylation sites is 1. The maximum Gasteiger partial charge on any atom is 0.276 e. The van der Waals surface area contributed by atoms with E-state index in [-0.39, 0.29) is 36.5 Å². The topological polar surface area (TPSA) is 95.8 Å². The fourth-order valence-electron chi connectivity index (χ4n) is 4.19. The molecule has 4 rings (SSSR count). The summed E-state index contributed by atoms with van der Waals surface area (Å²) in [7, 11) is 0. The van der Waals surface area contributed by atoms with Crippen LogP contribution in [0.25, 0.3) is 0 Å². The van der Waals surface area contributed by atoms with Gasteiger partial charge in [0.1, 0.15) is 12.3 Å². The van der Waals surface area contributed by atoms with Crippen LogP contribution in [0, 0.1) is 6.92 Å². The Morgan fingerprint density at radius 3 is 2.82 bits per heavy atom. The lowest BCUT2D eigenvalue weighted by Crippen LogP contribution is -2.46. The first-order chi connectivity index (χ1) is 13.5. The lowest BCUT2D eigenvalue weighted by atomic mass is 9.81. The smallest absolute Gasteiger partial charge is 0.276 e. The molecule has 146 valence electrons. The van der Waals surface area contributed by atoms with E-state index in [1.54, 1.807) is 11.8 Å². The van der Waals surface area contributed by atoms with Gasteiger partial charge in [0.05, 0.1) is 5.41 Å². The summed E-state index contributed by atoms with van der Waals surface area (Å²) < 4.78 is 5.15. The van der Waals surface area contributed by atoms with Crippen molar-refractivity contribution in [2.24, 2.45) is 0 Å². The van der Waals surface area contributed by atoms with Gasteiger partial charge in [-0.15, -0.1) is 0 Å². The lowest BCUT2D eigenvalue weighted by molar-refractivity contribution is -0.126. The second-order valence-electron chi connectivity index (χ2n) is 7.18. The number of nitrogens with zero attached hydrogens (tertiary/aromatic N) is 3. The SMILES string of the molecule is CCNC(=O)CN1C(=O)C2(CCN(C(=O)c3ncoc3C)C2)c2ccccc21. The van der Waals surface area contributed by atoms with Crippen LogP contribution < -0.4 is 10.2 Å². The first-order valence-electron chi connectivity index (χ1n) is 9.35. The van der Waals surface area contributed by atoms with Crippen LogP contribution in [0.1, 0.15) is 35.2 Å². The van der Waals surface area contributed by atoms with Crippen LogP contribution in [0.4, 0.5) is 5.69 Å². The number of hydrogen-bond donors (Lipinski definition) is 1. The van der Waals surface area contributed by atoms with Gasteiger partial charge in [0.15, 0.2) is 12.1 Å². The summed E-state index contributed by atoms with van der Waals surface area (Å²) in [5.41, 5.74) is 1.06. The fourth-order valence-corrected chi connectivity index (χ4v) is 4.19. The number of hydrogen-bond acceptors (Lipinski definition) is 5. The minimum Gasteiger partial charge on any atom is -0.448 e. The summed E-state index contributed by atoms with van der Waals surface area (Å²) in [5.74, 6) is -0.114. The highest BCUT2D eigenvalue weighted by Crippen LogP contribution is 2.47. The zero-order valence-corrected chi connectivity index (χ0v) is 15.9. The van der Waals surface area contributed by atoms with E-state index in [1.807, 2.05) is 31.2 Å². The molecule has 0 saturated carbocycles. The van der Waals surface area contributed by atoms with Crippen LogP contribution in [-0.2, 0) is 15.0 Å². The van der Waals surface area contributed by atoms with Crippen LogP contribution in [0.3, 0.4) is 0 Å². The predicted octanol–water partition coefficient (Wildman–Crippen LogP) is 1.25. The molecule has 3 amide bonds. The third-order valence-corrected chi connectivity index (χ3v) is 5.54. The molecule has 0 radical (unpaired) electrons. The highest BCUT2D eigenvalue weighted by atomic mass is 16.3. The van der Waals surface area contributed by atoms with E-state index >= 15 is 0 Å². The summed E-state index contributed by atoms with van der Waals surface area (Å²) in [6, 6.07) is 7.51. The zero-order valence-electron chi connectivity index (χ0n) is 15.9. The summed E-state index contributed by atoms with van der Waals surface area (Å²) in [5, 5.41) is 2.74. The minimum atomic E-state index is -0.823. The number of benzene rings is 1. The number of anilines is 1. The Bertz CT molecular complexity index is 953. The number of rotatable bonds is 4. The molecule has 8 nitrogen and oxygen atoms in total. The van der Waals surface area contributed by atoms with Crippen molar-refractivity contribution in [2.75, 3.05) is 31.1 Å². The normalized spacial score (nSPS) is 20.7. The molecule has 0 bridgehead atoms. The van der Waals surface area contributed by atoms with Crippen molar-refractivity contribution < 1.29 is 18.8 Å². The Labute approximate surface area is 162 Å². The number of aromatic nitrogens is 1. The standard InChI is InChI=1S/C20H22N4O4/c1-3-21-16(25)10-24-15-7-5-4-6-14(15)20(19(24)27)8-9-23(11-20)18(26)17-13(2)28-12-22-17/h4-7,12H,3,8-11H2,1-2H3,(H,21,25). The average Bonchev–Trinajstić information content (AvgIpc) is 3.37. The molecule has 1 spiro atoms. The van der Waals surface area contributed by atoms with Crippen molar-refractivity contribution in [3.05, 3.63) is 47.7 Å². The molecule has 3 heterocycles. The predicted molar refractivity (Wildman–Crippen MR) is 101 cm³/mol. The fraction of sp³-hybridized carbons (Fsp3) is 0.400. The van der Waals surface area contributed by atoms with E-state index in [2.05, 4.69) is 10.3 Å². The van der Waals surface area contributed by atoms with Crippen molar-refractivity contribution >= 4 is 23.4 Å². The molecule has 1 aromatic carbocycles. The van der Waals surface area contributed by atoms with Crippen LogP contribution in [0.5, 0.6) is 0 Å². The van der Waals surface area contributed by atoms with Crippen molar-refractivity contribution in [3.63, 3.8) is 0 Å². The van der Waals surface area contributed by atoms with Gasteiger partial charge in [0, 0.05) is 25.3 Å². The monoisotopic (exact) mass is 382 g/mol. The van der Waals surface area contributed by atoms with Gasteiger partial charge in [-0.2, -0.15) is 0 Å². The molecule has 1 saturated heterocycles. The highest BCUT2D eigenvalue weighted by molar-refractivity contribution is 6.11. The second kappa shape index (κ2) is 6.78. The van der Waals surface area contributed by atoms with Crippen molar-refractivity contribution in [3.8, 4) is 0 Å². The lowest BCUT2D eigenvalue weighted by Gasteiger charge is -2.24. The van der Waals surface area contributed by atoms with Crippen molar-refractivity contribution in [1.29, 1.82) is 0 Å². The zero-order chi connectivity index (χ0) is 19.9. The van der Waals surface area contributed by atoms with Crippen LogP contribution in [0.15, 0.2) is 35.1 Å². The Morgan fingerprint density at radius 2 is 2.11 bits per heavy atom. The van der Waals surface area contributed by atoms with Crippen LogP contribution in [0.2, 0.25) is 0 Å².